The molecule has 20 heavy (non-hydrogen) atoms. The van der Waals surface area contributed by atoms with Crippen LogP contribution in [0, 0.1) is 5.92 Å². The Balaban J connectivity index is 1.83. The van der Waals surface area contributed by atoms with Crippen molar-refractivity contribution in [2.45, 2.75) is 25.9 Å². The summed E-state index contributed by atoms with van der Waals surface area (Å²) in [7, 11) is 0. The second kappa shape index (κ2) is 5.25. The van der Waals surface area contributed by atoms with E-state index >= 15 is 0 Å². The van der Waals surface area contributed by atoms with Gasteiger partial charge in [-0.15, -0.1) is 0 Å². The van der Waals surface area contributed by atoms with Crippen LogP contribution in [0.15, 0.2) is 18.2 Å². The number of carbonyl (C=O) groups is 2. The highest BCUT2D eigenvalue weighted by atomic mass is 16.5. The Hall–Kier alpha value is -1.88. The largest absolute Gasteiger partial charge is 0.479 e. The second-order valence-corrected chi connectivity index (χ2v) is 5.35. The molecule has 0 saturated carbocycles. The number of carbonyl (C=O) groups excluding carboxylic acids is 2. The summed E-state index contributed by atoms with van der Waals surface area (Å²) in [5.41, 5.74) is 1.24. The van der Waals surface area contributed by atoms with E-state index in [0.717, 1.165) is 25.9 Å². The van der Waals surface area contributed by atoms with Crippen LogP contribution < -0.4 is 15.4 Å². The normalized spacial score (nSPS) is 22.6. The van der Waals surface area contributed by atoms with E-state index < -0.39 is 6.10 Å². The van der Waals surface area contributed by atoms with E-state index in [-0.39, 0.29) is 17.6 Å². The molecule has 3 rings (SSSR count). The van der Waals surface area contributed by atoms with E-state index in [1.165, 1.54) is 0 Å². The van der Waals surface area contributed by atoms with E-state index in [2.05, 4.69) is 10.6 Å². The second-order valence-electron chi connectivity index (χ2n) is 5.35. The maximum atomic E-state index is 12.5. The van der Waals surface area contributed by atoms with E-state index in [0.29, 0.717) is 17.0 Å². The van der Waals surface area contributed by atoms with Crippen molar-refractivity contribution in [1.29, 1.82) is 0 Å². The summed E-state index contributed by atoms with van der Waals surface area (Å²) < 4.78 is 5.49. The fourth-order valence-corrected chi connectivity index (χ4v) is 2.68. The molecule has 1 atom stereocenters. The third kappa shape index (κ3) is 2.41. The van der Waals surface area contributed by atoms with Crippen molar-refractivity contribution in [3.05, 3.63) is 23.8 Å². The molecule has 2 aliphatic heterocycles. The topological polar surface area (TPSA) is 67.4 Å². The van der Waals surface area contributed by atoms with Crippen molar-refractivity contribution >= 4 is 17.4 Å². The van der Waals surface area contributed by atoms with Gasteiger partial charge in [-0.3, -0.25) is 9.59 Å². The van der Waals surface area contributed by atoms with Crippen molar-refractivity contribution in [3.8, 4) is 5.75 Å². The Labute approximate surface area is 117 Å². The molecule has 1 aromatic rings. The van der Waals surface area contributed by atoms with Gasteiger partial charge < -0.3 is 15.4 Å². The van der Waals surface area contributed by atoms with Gasteiger partial charge in [0.05, 0.1) is 5.69 Å². The van der Waals surface area contributed by atoms with E-state index in [9.17, 15) is 9.59 Å². The molecule has 106 valence electrons. The molecule has 0 aromatic heterocycles. The lowest BCUT2D eigenvalue weighted by Gasteiger charge is -2.25. The fraction of sp³-hybridized carbons (Fsp3) is 0.467. The number of amides is 1. The minimum absolute atomic E-state index is 0.0773. The molecular formula is C15H18N2O3. The molecule has 1 fully saturated rings. The third-order valence-corrected chi connectivity index (χ3v) is 3.90. The van der Waals surface area contributed by atoms with E-state index in [1.54, 1.807) is 25.1 Å². The molecule has 5 nitrogen and oxygen atoms in total. The number of Topliss-reactive ketones (excluding diaryl/α,β-unsaturated/α-hetero) is 1. The first-order valence-electron chi connectivity index (χ1n) is 7.01. The Morgan fingerprint density at radius 1 is 1.30 bits per heavy atom. The number of anilines is 1. The standard InChI is InChI=1S/C15H18N2O3/c1-9-15(19)17-12-8-11(2-3-13(12)20-9)14(18)10-4-6-16-7-5-10/h2-3,8-10,16H,4-7H2,1H3,(H,17,19). The number of nitrogens with one attached hydrogen (secondary N) is 2. The number of hydrogen-bond donors (Lipinski definition) is 2. The maximum absolute atomic E-state index is 12.5. The lowest BCUT2D eigenvalue weighted by molar-refractivity contribution is -0.122. The minimum Gasteiger partial charge on any atom is -0.479 e. The summed E-state index contributed by atoms with van der Waals surface area (Å²) in [6.45, 7) is 3.48. The number of piperidine rings is 1. The molecular weight excluding hydrogens is 256 g/mol. The van der Waals surface area contributed by atoms with E-state index in [4.69, 9.17) is 4.74 Å². The first kappa shape index (κ1) is 13.1. The molecule has 2 heterocycles. The number of ketones is 1. The van der Waals surface area contributed by atoms with Crippen LogP contribution in [0.2, 0.25) is 0 Å². The Kier molecular flexibility index (Phi) is 3.44. The molecule has 0 bridgehead atoms. The van der Waals surface area contributed by atoms with Crippen LogP contribution in [0.25, 0.3) is 0 Å². The Morgan fingerprint density at radius 2 is 2.05 bits per heavy atom. The summed E-state index contributed by atoms with van der Waals surface area (Å²) in [5.74, 6) is 0.679. The van der Waals surface area contributed by atoms with Gasteiger partial charge in [-0.25, -0.2) is 0 Å². The molecule has 0 aliphatic carbocycles. The zero-order chi connectivity index (χ0) is 14.1. The molecule has 5 heteroatoms. The average Bonchev–Trinajstić information content (AvgIpc) is 2.48. The zero-order valence-corrected chi connectivity index (χ0v) is 11.4. The first-order chi connectivity index (χ1) is 9.65. The van der Waals surface area contributed by atoms with Gasteiger partial charge in [0, 0.05) is 11.5 Å². The molecule has 2 aliphatic rings. The first-order valence-corrected chi connectivity index (χ1v) is 7.01. The van der Waals surface area contributed by atoms with Crippen molar-refractivity contribution < 1.29 is 14.3 Å². The Morgan fingerprint density at radius 3 is 2.80 bits per heavy atom. The summed E-state index contributed by atoms with van der Waals surface area (Å²) in [6, 6.07) is 5.27. The summed E-state index contributed by atoms with van der Waals surface area (Å²) in [6.07, 6.45) is 1.25. The molecule has 2 N–H and O–H groups in total. The number of fused-ring (bicyclic) bond motifs is 1. The van der Waals surface area contributed by atoms with Gasteiger partial charge in [0.2, 0.25) is 0 Å². The van der Waals surface area contributed by atoms with Crippen LogP contribution in [-0.2, 0) is 4.79 Å². The molecule has 0 spiro atoms. The van der Waals surface area contributed by atoms with Gasteiger partial charge in [0.1, 0.15) is 5.75 Å². The van der Waals surface area contributed by atoms with Crippen LogP contribution in [0.4, 0.5) is 5.69 Å². The van der Waals surface area contributed by atoms with Gasteiger partial charge in [0.15, 0.2) is 11.9 Å². The van der Waals surface area contributed by atoms with Gasteiger partial charge in [-0.1, -0.05) is 0 Å². The summed E-state index contributed by atoms with van der Waals surface area (Å²) in [4.78, 5) is 24.1. The predicted molar refractivity (Wildman–Crippen MR) is 75.1 cm³/mol. The third-order valence-electron chi connectivity index (χ3n) is 3.90. The number of rotatable bonds is 2. The molecule has 1 aromatic carbocycles. The van der Waals surface area contributed by atoms with Crippen LogP contribution in [-0.4, -0.2) is 30.9 Å². The summed E-state index contributed by atoms with van der Waals surface area (Å²) >= 11 is 0. The number of hydrogen-bond acceptors (Lipinski definition) is 4. The molecule has 1 amide bonds. The maximum Gasteiger partial charge on any atom is 0.265 e. The SMILES string of the molecule is CC1Oc2ccc(C(=O)C3CCNCC3)cc2NC1=O. The van der Waals surface area contributed by atoms with Crippen molar-refractivity contribution in [1.82, 2.24) is 5.32 Å². The number of ether oxygens (including phenoxy) is 1. The average molecular weight is 274 g/mol. The summed E-state index contributed by atoms with van der Waals surface area (Å²) in [5, 5.41) is 6.03. The highest BCUT2D eigenvalue weighted by Crippen LogP contribution is 2.31. The highest BCUT2D eigenvalue weighted by molar-refractivity contribution is 6.02. The number of benzene rings is 1. The molecule has 1 saturated heterocycles. The van der Waals surface area contributed by atoms with Crippen molar-refractivity contribution in [3.63, 3.8) is 0 Å². The quantitative estimate of drug-likeness (QED) is 0.804. The van der Waals surface area contributed by atoms with Crippen LogP contribution in [0.1, 0.15) is 30.1 Å². The monoisotopic (exact) mass is 274 g/mol. The molecule has 1 unspecified atom stereocenters. The highest BCUT2D eigenvalue weighted by Gasteiger charge is 2.26. The van der Waals surface area contributed by atoms with Crippen LogP contribution in [0.3, 0.4) is 0 Å². The van der Waals surface area contributed by atoms with Gasteiger partial charge in [-0.05, 0) is 51.1 Å². The lowest BCUT2D eigenvalue weighted by atomic mass is 9.89. The lowest BCUT2D eigenvalue weighted by Crippen LogP contribution is -2.34. The van der Waals surface area contributed by atoms with Gasteiger partial charge in [0.25, 0.3) is 5.91 Å². The fourth-order valence-electron chi connectivity index (χ4n) is 2.68. The van der Waals surface area contributed by atoms with Crippen molar-refractivity contribution in [2.75, 3.05) is 18.4 Å². The minimum atomic E-state index is -0.492. The van der Waals surface area contributed by atoms with Crippen LogP contribution >= 0.6 is 0 Å². The van der Waals surface area contributed by atoms with Gasteiger partial charge >= 0.3 is 0 Å². The Bertz CT molecular complexity index is 550. The molecule has 0 radical (unpaired) electrons. The predicted octanol–water partition coefficient (Wildman–Crippen LogP) is 1.59. The van der Waals surface area contributed by atoms with Crippen LogP contribution in [0.5, 0.6) is 5.75 Å². The van der Waals surface area contributed by atoms with Gasteiger partial charge in [-0.2, -0.15) is 0 Å². The van der Waals surface area contributed by atoms with E-state index in [1.807, 2.05) is 0 Å². The zero-order valence-electron chi connectivity index (χ0n) is 11.4. The van der Waals surface area contributed by atoms with Crippen molar-refractivity contribution in [2.24, 2.45) is 5.92 Å². The smallest absolute Gasteiger partial charge is 0.265 e.